The summed E-state index contributed by atoms with van der Waals surface area (Å²) in [6.07, 6.45) is 5.31. The zero-order valence-electron chi connectivity index (χ0n) is 14.8. The van der Waals surface area contributed by atoms with Gasteiger partial charge < -0.3 is 14.4 Å². The molecule has 1 saturated carbocycles. The summed E-state index contributed by atoms with van der Waals surface area (Å²) in [4.78, 5) is 5.28. The van der Waals surface area contributed by atoms with Gasteiger partial charge in [-0.15, -0.1) is 0 Å². The van der Waals surface area contributed by atoms with Crippen LogP contribution in [0.15, 0.2) is 12.1 Å². The van der Waals surface area contributed by atoms with Gasteiger partial charge in [0.2, 0.25) is 0 Å². The maximum Gasteiger partial charge on any atom is 0.128 e. The van der Waals surface area contributed by atoms with Gasteiger partial charge in [-0.2, -0.15) is 0 Å². The van der Waals surface area contributed by atoms with Gasteiger partial charge in [0, 0.05) is 44.3 Å². The van der Waals surface area contributed by atoms with Gasteiger partial charge in [0.1, 0.15) is 11.5 Å². The monoisotopic (exact) mass is 318 g/mol. The molecule has 1 aromatic rings. The molecule has 0 unspecified atom stereocenters. The number of hydrogen-bond acceptors (Lipinski definition) is 4. The van der Waals surface area contributed by atoms with Crippen LogP contribution < -0.4 is 9.47 Å². The summed E-state index contributed by atoms with van der Waals surface area (Å²) >= 11 is 0. The van der Waals surface area contributed by atoms with Crippen LogP contribution in [-0.2, 0) is 6.42 Å². The number of benzene rings is 1. The lowest BCUT2D eigenvalue weighted by Gasteiger charge is -2.43. The first kappa shape index (κ1) is 16.6. The molecule has 0 atom stereocenters. The van der Waals surface area contributed by atoms with Gasteiger partial charge in [0.05, 0.1) is 14.2 Å². The van der Waals surface area contributed by atoms with Crippen LogP contribution in [0.1, 0.15) is 30.4 Å². The van der Waals surface area contributed by atoms with Crippen LogP contribution in [0.2, 0.25) is 0 Å². The van der Waals surface area contributed by atoms with E-state index in [0.717, 1.165) is 36.1 Å². The number of rotatable bonds is 6. The fourth-order valence-corrected chi connectivity index (χ4v) is 3.81. The summed E-state index contributed by atoms with van der Waals surface area (Å²) < 4.78 is 11.0. The predicted molar refractivity (Wildman–Crippen MR) is 93.6 cm³/mol. The van der Waals surface area contributed by atoms with E-state index in [2.05, 4.69) is 28.9 Å². The molecule has 0 bridgehead atoms. The van der Waals surface area contributed by atoms with Gasteiger partial charge in [-0.05, 0) is 37.8 Å². The highest BCUT2D eigenvalue weighted by Crippen LogP contribution is 2.31. The Morgan fingerprint density at radius 2 is 1.78 bits per heavy atom. The maximum absolute atomic E-state index is 5.62. The summed E-state index contributed by atoms with van der Waals surface area (Å²) in [5.41, 5.74) is 2.38. The maximum atomic E-state index is 5.62. The number of ether oxygens (including phenoxy) is 2. The zero-order valence-corrected chi connectivity index (χ0v) is 14.8. The first-order valence-corrected chi connectivity index (χ1v) is 8.89. The largest absolute Gasteiger partial charge is 0.496 e. The van der Waals surface area contributed by atoms with Gasteiger partial charge in [0.25, 0.3) is 0 Å². The van der Waals surface area contributed by atoms with Crippen molar-refractivity contribution in [3.8, 4) is 11.5 Å². The molecule has 0 radical (unpaired) electrons. The molecule has 2 aliphatic rings. The fourth-order valence-electron chi connectivity index (χ4n) is 3.81. The Labute approximate surface area is 140 Å². The Kier molecular flexibility index (Phi) is 5.44. The minimum Gasteiger partial charge on any atom is -0.496 e. The van der Waals surface area contributed by atoms with Crippen LogP contribution in [0.25, 0.3) is 0 Å². The molecule has 1 saturated heterocycles. The highest BCUT2D eigenvalue weighted by Gasteiger charge is 2.27. The second-order valence-electron chi connectivity index (χ2n) is 6.80. The molecular formula is C19H30N2O2. The summed E-state index contributed by atoms with van der Waals surface area (Å²) in [6, 6.07) is 5.10. The molecule has 4 heteroatoms. The molecular weight excluding hydrogens is 288 g/mol. The van der Waals surface area contributed by atoms with Crippen LogP contribution in [0.4, 0.5) is 0 Å². The van der Waals surface area contributed by atoms with Gasteiger partial charge >= 0.3 is 0 Å². The Morgan fingerprint density at radius 3 is 2.35 bits per heavy atom. The first-order valence-electron chi connectivity index (χ1n) is 8.89. The topological polar surface area (TPSA) is 24.9 Å². The van der Waals surface area contributed by atoms with Gasteiger partial charge in [-0.3, -0.25) is 4.90 Å². The smallest absolute Gasteiger partial charge is 0.128 e. The van der Waals surface area contributed by atoms with Crippen LogP contribution in [0.3, 0.4) is 0 Å². The van der Waals surface area contributed by atoms with E-state index in [4.69, 9.17) is 9.47 Å². The molecule has 128 valence electrons. The third-order valence-electron chi connectivity index (χ3n) is 5.56. The standard InChI is InChI=1S/C19H30N2O2/c1-15-18(22-2)8-7-16(19(15)23-3)9-10-20-11-13-21(14-12-20)17-5-4-6-17/h7-8,17H,4-6,9-14H2,1-3H3. The molecule has 1 aliphatic heterocycles. The number of methoxy groups -OCH3 is 2. The molecule has 0 aromatic heterocycles. The Bertz CT molecular complexity index is 520. The molecule has 2 fully saturated rings. The van der Waals surface area contributed by atoms with Crippen molar-refractivity contribution in [2.24, 2.45) is 0 Å². The number of piperazine rings is 1. The molecule has 1 aliphatic carbocycles. The SMILES string of the molecule is COc1ccc(CCN2CCN(C3CCC3)CC2)c(OC)c1C. The average molecular weight is 318 g/mol. The Morgan fingerprint density at radius 1 is 1.04 bits per heavy atom. The summed E-state index contributed by atoms with van der Waals surface area (Å²) in [6.45, 7) is 8.06. The van der Waals surface area contributed by atoms with Crippen molar-refractivity contribution in [1.82, 2.24) is 9.80 Å². The molecule has 1 heterocycles. The molecule has 23 heavy (non-hydrogen) atoms. The van der Waals surface area contributed by atoms with Crippen molar-refractivity contribution >= 4 is 0 Å². The van der Waals surface area contributed by atoms with Crippen molar-refractivity contribution < 1.29 is 9.47 Å². The van der Waals surface area contributed by atoms with Crippen molar-refractivity contribution in [3.63, 3.8) is 0 Å². The highest BCUT2D eigenvalue weighted by molar-refractivity contribution is 5.49. The van der Waals surface area contributed by atoms with Crippen molar-refractivity contribution in [2.45, 2.75) is 38.6 Å². The van der Waals surface area contributed by atoms with E-state index in [9.17, 15) is 0 Å². The van der Waals surface area contributed by atoms with Crippen LogP contribution >= 0.6 is 0 Å². The van der Waals surface area contributed by atoms with Crippen molar-refractivity contribution in [1.29, 1.82) is 0 Å². The third kappa shape index (κ3) is 3.64. The second kappa shape index (κ2) is 7.54. The number of hydrogen-bond donors (Lipinski definition) is 0. The molecule has 0 spiro atoms. The van der Waals surface area contributed by atoms with E-state index in [1.54, 1.807) is 14.2 Å². The van der Waals surface area contributed by atoms with E-state index in [1.807, 2.05) is 0 Å². The third-order valence-corrected chi connectivity index (χ3v) is 5.56. The van der Waals surface area contributed by atoms with Crippen molar-refractivity contribution in [3.05, 3.63) is 23.3 Å². The van der Waals surface area contributed by atoms with Gasteiger partial charge in [-0.25, -0.2) is 0 Å². The van der Waals surface area contributed by atoms with E-state index >= 15 is 0 Å². The molecule has 0 amide bonds. The minimum absolute atomic E-state index is 0.890. The minimum atomic E-state index is 0.890. The van der Waals surface area contributed by atoms with E-state index in [-0.39, 0.29) is 0 Å². The van der Waals surface area contributed by atoms with E-state index in [1.165, 1.54) is 51.0 Å². The predicted octanol–water partition coefficient (Wildman–Crippen LogP) is 2.72. The Balaban J connectivity index is 1.53. The Hall–Kier alpha value is -1.26. The summed E-state index contributed by atoms with van der Waals surface area (Å²) in [5.74, 6) is 1.89. The average Bonchev–Trinajstić information content (AvgIpc) is 2.52. The normalized spacial score (nSPS) is 20.3. The quantitative estimate of drug-likeness (QED) is 0.805. The molecule has 3 rings (SSSR count). The lowest BCUT2D eigenvalue weighted by molar-refractivity contribution is 0.0622. The highest BCUT2D eigenvalue weighted by atomic mass is 16.5. The summed E-state index contributed by atoms with van der Waals surface area (Å²) in [5, 5.41) is 0. The second-order valence-corrected chi connectivity index (χ2v) is 6.80. The van der Waals surface area contributed by atoms with Gasteiger partial charge in [-0.1, -0.05) is 12.5 Å². The zero-order chi connectivity index (χ0) is 16.2. The molecule has 0 N–H and O–H groups in total. The van der Waals surface area contributed by atoms with Gasteiger partial charge in [0.15, 0.2) is 0 Å². The van der Waals surface area contributed by atoms with E-state index in [0.29, 0.717) is 0 Å². The fraction of sp³-hybridized carbons (Fsp3) is 0.684. The van der Waals surface area contributed by atoms with Crippen LogP contribution in [0.5, 0.6) is 11.5 Å². The van der Waals surface area contributed by atoms with Crippen LogP contribution in [0, 0.1) is 6.92 Å². The lowest BCUT2D eigenvalue weighted by Crippen LogP contribution is -2.52. The first-order chi connectivity index (χ1) is 11.2. The summed E-state index contributed by atoms with van der Waals surface area (Å²) in [7, 11) is 3.46. The van der Waals surface area contributed by atoms with Crippen LogP contribution in [-0.4, -0.2) is 62.8 Å². The molecule has 4 nitrogen and oxygen atoms in total. The lowest BCUT2D eigenvalue weighted by atomic mass is 9.91. The van der Waals surface area contributed by atoms with Crippen molar-refractivity contribution in [2.75, 3.05) is 46.9 Å². The number of nitrogens with zero attached hydrogens (tertiary/aromatic N) is 2. The van der Waals surface area contributed by atoms with E-state index < -0.39 is 0 Å². The molecule has 1 aromatic carbocycles.